The van der Waals surface area contributed by atoms with Crippen LogP contribution in [0.1, 0.15) is 26.2 Å². The third-order valence-electron chi connectivity index (χ3n) is 3.19. The molecule has 2 atom stereocenters. The average molecular weight is 214 g/mol. The van der Waals surface area contributed by atoms with Gasteiger partial charge in [0, 0.05) is 6.54 Å². The molecule has 4 nitrogen and oxygen atoms in total. The van der Waals surface area contributed by atoms with Gasteiger partial charge in [-0.05, 0) is 38.3 Å². The molecular formula is C11H22N2O2. The van der Waals surface area contributed by atoms with E-state index in [9.17, 15) is 4.79 Å². The quantitative estimate of drug-likeness (QED) is 0.699. The summed E-state index contributed by atoms with van der Waals surface area (Å²) in [5.74, 6) is 0.554. The van der Waals surface area contributed by atoms with Gasteiger partial charge in [-0.1, -0.05) is 6.92 Å². The highest BCUT2D eigenvalue weighted by Crippen LogP contribution is 2.18. The maximum Gasteiger partial charge on any atom is 0.324 e. The van der Waals surface area contributed by atoms with Crippen LogP contribution in [0.3, 0.4) is 0 Å². The molecule has 0 radical (unpaired) electrons. The van der Waals surface area contributed by atoms with Crippen LogP contribution in [0.25, 0.3) is 0 Å². The molecule has 88 valence electrons. The summed E-state index contributed by atoms with van der Waals surface area (Å²) in [5.41, 5.74) is 5.62. The predicted molar refractivity (Wildman–Crippen MR) is 59.4 cm³/mol. The number of esters is 1. The van der Waals surface area contributed by atoms with Crippen molar-refractivity contribution in [3.8, 4) is 0 Å². The van der Waals surface area contributed by atoms with Crippen LogP contribution < -0.4 is 5.73 Å². The smallest absolute Gasteiger partial charge is 0.324 e. The van der Waals surface area contributed by atoms with Crippen molar-refractivity contribution >= 4 is 5.97 Å². The number of hydrogen-bond acceptors (Lipinski definition) is 4. The van der Waals surface area contributed by atoms with E-state index in [2.05, 4.69) is 11.8 Å². The largest absolute Gasteiger partial charge is 0.468 e. The number of likely N-dealkylation sites (tertiary alicyclic amines) is 1. The highest BCUT2D eigenvalue weighted by Gasteiger charge is 2.26. The van der Waals surface area contributed by atoms with Crippen LogP contribution in [0, 0.1) is 5.92 Å². The van der Waals surface area contributed by atoms with Gasteiger partial charge in [0.25, 0.3) is 0 Å². The molecule has 0 spiro atoms. The molecule has 2 unspecified atom stereocenters. The predicted octanol–water partition coefficient (Wildman–Crippen LogP) is 0.609. The molecule has 0 aliphatic carbocycles. The van der Waals surface area contributed by atoms with Gasteiger partial charge in [0.05, 0.1) is 7.11 Å². The van der Waals surface area contributed by atoms with Crippen LogP contribution in [0.5, 0.6) is 0 Å². The lowest BCUT2D eigenvalue weighted by molar-refractivity contribution is -0.146. The molecule has 2 N–H and O–H groups in total. The van der Waals surface area contributed by atoms with E-state index in [1.807, 2.05) is 0 Å². The second-order valence-electron chi connectivity index (χ2n) is 4.35. The molecule has 15 heavy (non-hydrogen) atoms. The highest BCUT2D eigenvalue weighted by molar-refractivity contribution is 5.75. The van der Waals surface area contributed by atoms with Gasteiger partial charge in [-0.25, -0.2) is 0 Å². The summed E-state index contributed by atoms with van der Waals surface area (Å²) >= 11 is 0. The lowest BCUT2D eigenvalue weighted by Crippen LogP contribution is -2.47. The molecular weight excluding hydrogens is 192 g/mol. The lowest BCUT2D eigenvalue weighted by Gasteiger charge is -2.27. The maximum absolute atomic E-state index is 11.5. The van der Waals surface area contributed by atoms with Crippen molar-refractivity contribution in [1.29, 1.82) is 0 Å². The van der Waals surface area contributed by atoms with E-state index in [0.29, 0.717) is 6.54 Å². The van der Waals surface area contributed by atoms with Gasteiger partial charge >= 0.3 is 5.97 Å². The van der Waals surface area contributed by atoms with E-state index in [1.165, 1.54) is 13.5 Å². The van der Waals surface area contributed by atoms with Crippen LogP contribution in [0.4, 0.5) is 0 Å². The summed E-state index contributed by atoms with van der Waals surface area (Å²) in [7, 11) is 1.42. The van der Waals surface area contributed by atoms with Crippen molar-refractivity contribution in [2.45, 2.75) is 32.2 Å². The summed E-state index contributed by atoms with van der Waals surface area (Å²) in [5, 5.41) is 0. The summed E-state index contributed by atoms with van der Waals surface area (Å²) < 4.78 is 4.76. The van der Waals surface area contributed by atoms with Gasteiger partial charge in [-0.3, -0.25) is 9.69 Å². The van der Waals surface area contributed by atoms with E-state index in [1.54, 1.807) is 0 Å². The Hall–Kier alpha value is -0.610. The topological polar surface area (TPSA) is 55.6 Å². The second kappa shape index (κ2) is 6.08. The van der Waals surface area contributed by atoms with Crippen LogP contribution in [0.2, 0.25) is 0 Å². The Balaban J connectivity index is 2.55. The SMILES string of the molecule is COC(=O)C(CN)N1CCCC(C)CC1. The second-order valence-corrected chi connectivity index (χ2v) is 4.35. The number of carbonyl (C=O) groups excluding carboxylic acids is 1. The van der Waals surface area contributed by atoms with Crippen molar-refractivity contribution < 1.29 is 9.53 Å². The number of nitrogens with two attached hydrogens (primary N) is 1. The molecule has 0 bridgehead atoms. The Kier molecular flexibility index (Phi) is 5.05. The number of ether oxygens (including phenoxy) is 1. The fourth-order valence-corrected chi connectivity index (χ4v) is 2.13. The van der Waals surface area contributed by atoms with Crippen molar-refractivity contribution in [2.24, 2.45) is 11.7 Å². The molecule has 4 heteroatoms. The minimum Gasteiger partial charge on any atom is -0.468 e. The van der Waals surface area contributed by atoms with Crippen LogP contribution >= 0.6 is 0 Å². The normalized spacial score (nSPS) is 25.7. The Bertz CT molecular complexity index is 209. The number of rotatable bonds is 3. The van der Waals surface area contributed by atoms with Gasteiger partial charge in [0.1, 0.15) is 6.04 Å². The molecule has 0 aromatic heterocycles. The third kappa shape index (κ3) is 3.47. The molecule has 1 heterocycles. The molecule has 1 fully saturated rings. The first kappa shape index (κ1) is 12.5. The van der Waals surface area contributed by atoms with Crippen LogP contribution in [-0.4, -0.2) is 43.7 Å². The summed E-state index contributed by atoms with van der Waals surface area (Å²) in [6.45, 7) is 4.53. The zero-order valence-electron chi connectivity index (χ0n) is 9.74. The number of carbonyl (C=O) groups is 1. The van der Waals surface area contributed by atoms with E-state index >= 15 is 0 Å². The Morgan fingerprint density at radius 1 is 1.53 bits per heavy atom. The van der Waals surface area contributed by atoms with Crippen molar-refractivity contribution in [3.05, 3.63) is 0 Å². The fourth-order valence-electron chi connectivity index (χ4n) is 2.13. The minimum absolute atomic E-state index is 0.202. The Morgan fingerprint density at radius 2 is 2.27 bits per heavy atom. The third-order valence-corrected chi connectivity index (χ3v) is 3.19. The average Bonchev–Trinajstić information content (AvgIpc) is 2.45. The number of hydrogen-bond donors (Lipinski definition) is 1. The zero-order chi connectivity index (χ0) is 11.3. The Morgan fingerprint density at radius 3 is 2.87 bits per heavy atom. The Labute approximate surface area is 91.8 Å². The number of methoxy groups -OCH3 is 1. The summed E-state index contributed by atoms with van der Waals surface area (Å²) in [6.07, 6.45) is 3.54. The minimum atomic E-state index is -0.250. The lowest BCUT2D eigenvalue weighted by atomic mass is 10.0. The van der Waals surface area contributed by atoms with Crippen molar-refractivity contribution in [1.82, 2.24) is 4.90 Å². The van der Waals surface area contributed by atoms with Gasteiger partial charge < -0.3 is 10.5 Å². The van der Waals surface area contributed by atoms with Gasteiger partial charge in [-0.15, -0.1) is 0 Å². The van der Waals surface area contributed by atoms with Crippen molar-refractivity contribution in [3.63, 3.8) is 0 Å². The monoisotopic (exact) mass is 214 g/mol. The van der Waals surface area contributed by atoms with E-state index in [-0.39, 0.29) is 12.0 Å². The first-order chi connectivity index (χ1) is 7.19. The van der Waals surface area contributed by atoms with Crippen molar-refractivity contribution in [2.75, 3.05) is 26.7 Å². The molecule has 1 rings (SSSR count). The van der Waals surface area contributed by atoms with E-state index in [0.717, 1.165) is 31.8 Å². The zero-order valence-corrected chi connectivity index (χ0v) is 9.74. The van der Waals surface area contributed by atoms with Gasteiger partial charge in [0.2, 0.25) is 0 Å². The van der Waals surface area contributed by atoms with Crippen LogP contribution in [0.15, 0.2) is 0 Å². The molecule has 0 saturated carbocycles. The molecule has 0 aromatic rings. The first-order valence-corrected chi connectivity index (χ1v) is 5.71. The van der Waals surface area contributed by atoms with E-state index < -0.39 is 0 Å². The molecule has 0 aromatic carbocycles. The standard InChI is InChI=1S/C11H22N2O2/c1-9-4-3-6-13(7-5-9)10(8-12)11(14)15-2/h9-10H,3-8,12H2,1-2H3. The van der Waals surface area contributed by atoms with Gasteiger partial charge in [-0.2, -0.15) is 0 Å². The highest BCUT2D eigenvalue weighted by atomic mass is 16.5. The molecule has 1 saturated heterocycles. The number of nitrogens with zero attached hydrogens (tertiary/aromatic N) is 1. The summed E-state index contributed by atoms with van der Waals surface area (Å²) in [4.78, 5) is 13.7. The van der Waals surface area contributed by atoms with Crippen LogP contribution in [-0.2, 0) is 9.53 Å². The molecule has 1 aliphatic heterocycles. The first-order valence-electron chi connectivity index (χ1n) is 5.71. The molecule has 1 aliphatic rings. The maximum atomic E-state index is 11.5. The van der Waals surface area contributed by atoms with E-state index in [4.69, 9.17) is 10.5 Å². The summed E-state index contributed by atoms with van der Waals surface area (Å²) in [6, 6.07) is -0.250. The van der Waals surface area contributed by atoms with Gasteiger partial charge in [0.15, 0.2) is 0 Å². The molecule has 0 amide bonds. The fraction of sp³-hybridized carbons (Fsp3) is 0.909.